The van der Waals surface area contributed by atoms with Gasteiger partial charge in [-0.3, -0.25) is 9.97 Å². The van der Waals surface area contributed by atoms with Gasteiger partial charge in [-0.15, -0.1) is 0 Å². The van der Waals surface area contributed by atoms with Crippen molar-refractivity contribution < 1.29 is 31.6 Å². The number of hydrogen-bond acceptors (Lipinski definition) is 6. The first-order valence-electron chi connectivity index (χ1n) is 9.64. The van der Waals surface area contributed by atoms with E-state index < -0.39 is 30.0 Å². The van der Waals surface area contributed by atoms with Gasteiger partial charge in [0.1, 0.15) is 23.6 Å². The molecule has 2 amide bonds. The number of anilines is 2. The molecule has 174 valence electrons. The van der Waals surface area contributed by atoms with E-state index in [1.165, 1.54) is 30.8 Å². The molecule has 8 nitrogen and oxygen atoms in total. The normalized spacial score (nSPS) is 11.2. The third kappa shape index (κ3) is 5.28. The van der Waals surface area contributed by atoms with E-state index in [4.69, 9.17) is 9.26 Å². The molecule has 0 unspecified atom stereocenters. The highest BCUT2D eigenvalue weighted by Crippen LogP contribution is 2.30. The molecular weight excluding hydrogens is 458 g/mol. The number of carbonyl (C=O) groups excluding carboxylic acids is 1. The lowest BCUT2D eigenvalue weighted by atomic mass is 10.1. The Bertz CT molecular complexity index is 1300. The molecule has 0 saturated carbocycles. The van der Waals surface area contributed by atoms with Crippen molar-refractivity contribution in [2.24, 2.45) is 0 Å². The van der Waals surface area contributed by atoms with Gasteiger partial charge in [-0.25, -0.2) is 13.6 Å². The number of hydrogen-bond donors (Lipinski definition) is 2. The van der Waals surface area contributed by atoms with Gasteiger partial charge in [-0.05, 0) is 24.3 Å². The molecule has 34 heavy (non-hydrogen) atoms. The van der Waals surface area contributed by atoms with E-state index in [1.54, 1.807) is 12.1 Å². The van der Waals surface area contributed by atoms with Crippen LogP contribution in [0, 0.1) is 5.82 Å². The fourth-order valence-electron chi connectivity index (χ4n) is 2.83. The highest BCUT2D eigenvalue weighted by Gasteiger charge is 2.32. The zero-order valence-electron chi connectivity index (χ0n) is 17.1. The van der Waals surface area contributed by atoms with E-state index in [-0.39, 0.29) is 17.1 Å². The third-order valence-corrected chi connectivity index (χ3v) is 4.47. The van der Waals surface area contributed by atoms with Gasteiger partial charge >= 0.3 is 12.0 Å². The lowest BCUT2D eigenvalue weighted by molar-refractivity contribution is -0.0283. The van der Waals surface area contributed by atoms with E-state index >= 15 is 0 Å². The molecular formula is C22H15F4N5O3. The number of urea groups is 1. The number of nitrogens with zero attached hydrogens (tertiary/aromatic N) is 3. The SMILES string of the molecule is O=C(Nc1cncc(C(F)(F)CF)c1)Nc1ccc(Oc2ccnc(-c3cnoc3)c2)cc1F. The maximum atomic E-state index is 14.5. The standard InChI is InChI=1S/C22H15F4N5O3/c23-12-22(25,26)14-5-15(10-27-9-14)30-21(32)31-19-2-1-16(6-18(19)24)34-17-3-4-28-20(7-17)13-8-29-33-11-13/h1-11H,12H2,(H2,30,31,32). The van der Waals surface area contributed by atoms with E-state index in [1.807, 2.05) is 0 Å². The second kappa shape index (κ2) is 9.57. The monoisotopic (exact) mass is 473 g/mol. The molecule has 3 heterocycles. The van der Waals surface area contributed by atoms with Crippen LogP contribution in [0.25, 0.3) is 11.3 Å². The van der Waals surface area contributed by atoms with Crippen LogP contribution in [-0.4, -0.2) is 27.8 Å². The van der Waals surface area contributed by atoms with Crippen LogP contribution in [0.4, 0.5) is 33.7 Å². The third-order valence-electron chi connectivity index (χ3n) is 4.47. The van der Waals surface area contributed by atoms with Crippen molar-refractivity contribution in [3.05, 3.63) is 78.8 Å². The van der Waals surface area contributed by atoms with Crippen molar-refractivity contribution >= 4 is 17.4 Å². The lowest BCUT2D eigenvalue weighted by Crippen LogP contribution is -2.21. The maximum Gasteiger partial charge on any atom is 0.323 e. The fraction of sp³-hybridized carbons (Fsp3) is 0.0909. The summed E-state index contributed by atoms with van der Waals surface area (Å²) in [6.07, 6.45) is 6.28. The number of ether oxygens (including phenoxy) is 1. The molecule has 0 aliphatic carbocycles. The Balaban J connectivity index is 1.41. The first kappa shape index (κ1) is 22.7. The molecule has 1 aromatic carbocycles. The summed E-state index contributed by atoms with van der Waals surface area (Å²) in [6.45, 7) is -1.91. The summed E-state index contributed by atoms with van der Waals surface area (Å²) in [7, 11) is 0. The Morgan fingerprint density at radius 1 is 1.06 bits per heavy atom. The van der Waals surface area contributed by atoms with Gasteiger partial charge in [0.05, 0.1) is 35.0 Å². The van der Waals surface area contributed by atoms with E-state index in [0.717, 1.165) is 24.5 Å². The Kier molecular flexibility index (Phi) is 6.39. The van der Waals surface area contributed by atoms with Crippen LogP contribution < -0.4 is 15.4 Å². The number of aromatic nitrogens is 3. The minimum absolute atomic E-state index is 0.121. The molecule has 0 fully saturated rings. The van der Waals surface area contributed by atoms with Gasteiger partial charge in [0.15, 0.2) is 6.67 Å². The smallest absolute Gasteiger partial charge is 0.323 e. The average Bonchev–Trinajstić information content (AvgIpc) is 3.36. The van der Waals surface area contributed by atoms with Gasteiger partial charge in [0, 0.05) is 30.1 Å². The van der Waals surface area contributed by atoms with Crippen molar-refractivity contribution in [2.45, 2.75) is 5.92 Å². The Labute approximate surface area is 189 Å². The summed E-state index contributed by atoms with van der Waals surface area (Å²) in [5.74, 6) is -4.02. The van der Waals surface area contributed by atoms with Gasteiger partial charge < -0.3 is 19.9 Å². The summed E-state index contributed by atoms with van der Waals surface area (Å²) in [4.78, 5) is 19.9. The number of benzene rings is 1. The molecule has 0 aliphatic rings. The molecule has 12 heteroatoms. The second-order valence-electron chi connectivity index (χ2n) is 6.91. The van der Waals surface area contributed by atoms with Crippen LogP contribution >= 0.6 is 0 Å². The molecule has 3 aromatic heterocycles. The van der Waals surface area contributed by atoms with E-state index in [2.05, 4.69) is 25.8 Å². The van der Waals surface area contributed by atoms with Crippen LogP contribution in [-0.2, 0) is 5.92 Å². The number of halogens is 4. The van der Waals surface area contributed by atoms with Crippen LogP contribution in [0.1, 0.15) is 5.56 Å². The van der Waals surface area contributed by atoms with E-state index in [0.29, 0.717) is 17.0 Å². The summed E-state index contributed by atoms with van der Waals surface area (Å²) in [5, 5.41) is 8.10. The number of nitrogens with one attached hydrogen (secondary N) is 2. The van der Waals surface area contributed by atoms with Crippen molar-refractivity contribution in [2.75, 3.05) is 17.3 Å². The van der Waals surface area contributed by atoms with Crippen molar-refractivity contribution in [1.29, 1.82) is 0 Å². The second-order valence-corrected chi connectivity index (χ2v) is 6.91. The number of rotatable bonds is 7. The number of amides is 2. The molecule has 0 radical (unpaired) electrons. The first-order chi connectivity index (χ1) is 16.3. The quantitative estimate of drug-likeness (QED) is 0.331. The highest BCUT2D eigenvalue weighted by atomic mass is 19.3. The Hall–Kier alpha value is -4.48. The molecule has 0 aliphatic heterocycles. The van der Waals surface area contributed by atoms with E-state index in [9.17, 15) is 22.4 Å². The molecule has 4 aromatic rings. The molecule has 0 atom stereocenters. The number of pyridine rings is 2. The van der Waals surface area contributed by atoms with Crippen LogP contribution in [0.15, 0.2) is 72.0 Å². The van der Waals surface area contributed by atoms with Gasteiger partial charge in [-0.1, -0.05) is 5.16 Å². The largest absolute Gasteiger partial charge is 0.457 e. The zero-order valence-corrected chi connectivity index (χ0v) is 17.1. The average molecular weight is 473 g/mol. The summed E-state index contributed by atoms with van der Waals surface area (Å²) >= 11 is 0. The van der Waals surface area contributed by atoms with Crippen LogP contribution in [0.2, 0.25) is 0 Å². The number of carbonyl (C=O) groups is 1. The molecule has 4 rings (SSSR count). The minimum atomic E-state index is -3.74. The van der Waals surface area contributed by atoms with Gasteiger partial charge in [0.25, 0.3) is 0 Å². The molecule has 0 bridgehead atoms. The zero-order chi connectivity index (χ0) is 24.1. The summed E-state index contributed by atoms with van der Waals surface area (Å²) in [5.41, 5.74) is 0.157. The van der Waals surface area contributed by atoms with Gasteiger partial charge in [-0.2, -0.15) is 8.78 Å². The maximum absolute atomic E-state index is 14.5. The molecule has 0 spiro atoms. The van der Waals surface area contributed by atoms with Crippen molar-refractivity contribution in [3.8, 4) is 22.8 Å². The summed E-state index contributed by atoms with van der Waals surface area (Å²) < 4.78 is 64.4. The lowest BCUT2D eigenvalue weighted by Gasteiger charge is -2.14. The molecule has 0 saturated heterocycles. The molecule has 2 N–H and O–H groups in total. The van der Waals surface area contributed by atoms with Crippen molar-refractivity contribution in [3.63, 3.8) is 0 Å². The van der Waals surface area contributed by atoms with Crippen LogP contribution in [0.3, 0.4) is 0 Å². The number of alkyl halides is 3. The Morgan fingerprint density at radius 2 is 1.88 bits per heavy atom. The predicted molar refractivity (Wildman–Crippen MR) is 113 cm³/mol. The van der Waals surface area contributed by atoms with Gasteiger partial charge in [0.2, 0.25) is 0 Å². The topological polar surface area (TPSA) is 102 Å². The van der Waals surface area contributed by atoms with Crippen LogP contribution in [0.5, 0.6) is 11.5 Å². The Morgan fingerprint density at radius 3 is 2.62 bits per heavy atom. The van der Waals surface area contributed by atoms with Crippen molar-refractivity contribution in [1.82, 2.24) is 15.1 Å². The minimum Gasteiger partial charge on any atom is -0.457 e. The fourth-order valence-corrected chi connectivity index (χ4v) is 2.83. The summed E-state index contributed by atoms with van der Waals surface area (Å²) in [6, 6.07) is 6.88. The first-order valence-corrected chi connectivity index (χ1v) is 9.64. The predicted octanol–water partition coefficient (Wildman–Crippen LogP) is 5.77. The highest BCUT2D eigenvalue weighted by molar-refractivity contribution is 5.99.